The lowest BCUT2D eigenvalue weighted by atomic mass is 9.67. The second-order valence-electron chi connectivity index (χ2n) is 4.78. The molecule has 1 aliphatic rings. The monoisotopic (exact) mass is 263 g/mol. The molecule has 18 heavy (non-hydrogen) atoms. The van der Waals surface area contributed by atoms with Crippen molar-refractivity contribution in [3.63, 3.8) is 0 Å². The number of rotatable bonds is 4. The Morgan fingerprint density at radius 2 is 2.28 bits per heavy atom. The van der Waals surface area contributed by atoms with Gasteiger partial charge in [-0.15, -0.1) is 0 Å². The van der Waals surface area contributed by atoms with E-state index in [1.165, 1.54) is 0 Å². The molecule has 96 valence electrons. The Balaban J connectivity index is 2.07. The molecule has 0 radical (unpaired) electrons. The van der Waals surface area contributed by atoms with E-state index >= 15 is 0 Å². The molecule has 0 atom stereocenters. The average molecular weight is 263 g/mol. The summed E-state index contributed by atoms with van der Waals surface area (Å²) in [6, 6.07) is 5.67. The van der Waals surface area contributed by atoms with Gasteiger partial charge in [-0.2, -0.15) is 0 Å². The van der Waals surface area contributed by atoms with E-state index < -0.39 is 5.41 Å². The first-order valence-corrected chi connectivity index (χ1v) is 6.42. The molecule has 5 heteroatoms. The van der Waals surface area contributed by atoms with Crippen molar-refractivity contribution in [2.45, 2.75) is 25.8 Å². The Hall–Kier alpha value is -1.49. The van der Waals surface area contributed by atoms with Gasteiger partial charge in [-0.05, 0) is 25.0 Å². The van der Waals surface area contributed by atoms with Crippen molar-refractivity contribution >= 4 is 23.1 Å². The summed E-state index contributed by atoms with van der Waals surface area (Å²) in [5, 5.41) is 0. The molecule has 1 heterocycles. The lowest BCUT2D eigenvalue weighted by molar-refractivity contribution is -0.141. The maximum absolute atomic E-state index is 12.4. The standard InChI is InChI=1S/C13H17N3OS/c1-16(9-10-5-2-3-8-15-10)12(17)13(11(14)18)6-4-7-13/h2-3,5,8H,4,6-7,9H2,1H3,(H2,14,18). The zero-order valence-corrected chi connectivity index (χ0v) is 11.2. The second kappa shape index (κ2) is 5.02. The van der Waals surface area contributed by atoms with E-state index in [-0.39, 0.29) is 5.91 Å². The van der Waals surface area contributed by atoms with Crippen LogP contribution in [-0.2, 0) is 11.3 Å². The van der Waals surface area contributed by atoms with Crippen LogP contribution in [0, 0.1) is 5.41 Å². The van der Waals surface area contributed by atoms with Crippen molar-refractivity contribution in [2.24, 2.45) is 11.1 Å². The molecule has 2 rings (SSSR count). The number of hydrogen-bond acceptors (Lipinski definition) is 3. The number of hydrogen-bond donors (Lipinski definition) is 1. The van der Waals surface area contributed by atoms with Crippen LogP contribution in [0.15, 0.2) is 24.4 Å². The van der Waals surface area contributed by atoms with E-state index in [1.54, 1.807) is 18.1 Å². The summed E-state index contributed by atoms with van der Waals surface area (Å²) in [6.07, 6.45) is 4.28. The highest BCUT2D eigenvalue weighted by molar-refractivity contribution is 7.80. The second-order valence-corrected chi connectivity index (χ2v) is 5.22. The number of thiocarbonyl (C=S) groups is 1. The zero-order chi connectivity index (χ0) is 13.2. The van der Waals surface area contributed by atoms with Crippen LogP contribution in [0.3, 0.4) is 0 Å². The Labute approximate surface area is 112 Å². The first-order chi connectivity index (χ1) is 8.56. The van der Waals surface area contributed by atoms with Gasteiger partial charge in [0.25, 0.3) is 0 Å². The van der Waals surface area contributed by atoms with Crippen LogP contribution in [0.25, 0.3) is 0 Å². The predicted molar refractivity (Wildman–Crippen MR) is 73.8 cm³/mol. The van der Waals surface area contributed by atoms with Crippen molar-refractivity contribution in [3.8, 4) is 0 Å². The molecule has 0 aromatic carbocycles. The molecule has 1 saturated carbocycles. The van der Waals surface area contributed by atoms with Crippen LogP contribution in [0.4, 0.5) is 0 Å². The molecular weight excluding hydrogens is 246 g/mol. The molecule has 0 aliphatic heterocycles. The van der Waals surface area contributed by atoms with Gasteiger partial charge in [-0.3, -0.25) is 9.78 Å². The van der Waals surface area contributed by atoms with Crippen molar-refractivity contribution in [1.29, 1.82) is 0 Å². The predicted octanol–water partition coefficient (Wildman–Crippen LogP) is 1.50. The number of aromatic nitrogens is 1. The van der Waals surface area contributed by atoms with Gasteiger partial charge in [0.1, 0.15) is 0 Å². The third-order valence-corrected chi connectivity index (χ3v) is 3.95. The van der Waals surface area contributed by atoms with Gasteiger partial charge in [-0.1, -0.05) is 24.7 Å². The molecule has 4 nitrogen and oxygen atoms in total. The SMILES string of the molecule is CN(Cc1ccccn1)C(=O)C1(C(N)=S)CCC1. The highest BCUT2D eigenvalue weighted by Crippen LogP contribution is 2.42. The summed E-state index contributed by atoms with van der Waals surface area (Å²) in [4.78, 5) is 18.6. The smallest absolute Gasteiger partial charge is 0.235 e. The summed E-state index contributed by atoms with van der Waals surface area (Å²) in [6.45, 7) is 0.490. The van der Waals surface area contributed by atoms with Crippen molar-refractivity contribution < 1.29 is 4.79 Å². The van der Waals surface area contributed by atoms with Crippen LogP contribution in [-0.4, -0.2) is 27.8 Å². The van der Waals surface area contributed by atoms with Crippen molar-refractivity contribution in [2.75, 3.05) is 7.05 Å². The van der Waals surface area contributed by atoms with E-state index in [2.05, 4.69) is 4.98 Å². The summed E-state index contributed by atoms with van der Waals surface area (Å²) >= 11 is 5.06. The normalized spacial score (nSPS) is 16.7. The molecule has 1 aliphatic carbocycles. The Morgan fingerprint density at radius 3 is 2.72 bits per heavy atom. The summed E-state index contributed by atoms with van der Waals surface area (Å²) in [5.41, 5.74) is 6.00. The molecule has 1 fully saturated rings. The largest absolute Gasteiger partial charge is 0.392 e. The highest BCUT2D eigenvalue weighted by atomic mass is 32.1. The van der Waals surface area contributed by atoms with E-state index in [0.29, 0.717) is 11.5 Å². The maximum Gasteiger partial charge on any atom is 0.235 e. The topological polar surface area (TPSA) is 59.2 Å². The zero-order valence-electron chi connectivity index (χ0n) is 10.4. The third-order valence-electron chi connectivity index (χ3n) is 3.56. The van der Waals surface area contributed by atoms with E-state index in [9.17, 15) is 4.79 Å². The molecule has 0 unspecified atom stereocenters. The molecule has 1 aromatic heterocycles. The van der Waals surface area contributed by atoms with E-state index in [1.807, 2.05) is 18.2 Å². The maximum atomic E-state index is 12.4. The summed E-state index contributed by atoms with van der Waals surface area (Å²) in [7, 11) is 1.77. The third kappa shape index (κ3) is 2.22. The van der Waals surface area contributed by atoms with E-state index in [0.717, 1.165) is 25.0 Å². The van der Waals surface area contributed by atoms with Crippen molar-refractivity contribution in [3.05, 3.63) is 30.1 Å². The molecule has 0 spiro atoms. The fourth-order valence-corrected chi connectivity index (χ4v) is 2.56. The number of nitrogens with zero attached hydrogens (tertiary/aromatic N) is 2. The van der Waals surface area contributed by atoms with Crippen LogP contribution in [0.1, 0.15) is 25.0 Å². The molecule has 0 saturated heterocycles. The quantitative estimate of drug-likeness (QED) is 0.836. The molecule has 2 N–H and O–H groups in total. The number of carbonyl (C=O) groups is 1. The van der Waals surface area contributed by atoms with Crippen LogP contribution >= 0.6 is 12.2 Å². The fourth-order valence-electron chi connectivity index (χ4n) is 2.27. The number of amides is 1. The minimum Gasteiger partial charge on any atom is -0.392 e. The van der Waals surface area contributed by atoms with Crippen LogP contribution < -0.4 is 5.73 Å². The molecular formula is C13H17N3OS. The van der Waals surface area contributed by atoms with Gasteiger partial charge in [0.05, 0.1) is 22.6 Å². The lowest BCUT2D eigenvalue weighted by Gasteiger charge is -2.41. The van der Waals surface area contributed by atoms with Gasteiger partial charge in [-0.25, -0.2) is 0 Å². The minimum atomic E-state index is -0.598. The number of carbonyl (C=O) groups excluding carboxylic acids is 1. The summed E-state index contributed by atoms with van der Waals surface area (Å²) in [5.74, 6) is 0.0203. The van der Waals surface area contributed by atoms with Gasteiger partial charge in [0.15, 0.2) is 0 Å². The lowest BCUT2D eigenvalue weighted by Crippen LogP contribution is -2.53. The minimum absolute atomic E-state index is 0.0203. The number of nitrogens with two attached hydrogens (primary N) is 1. The van der Waals surface area contributed by atoms with Crippen molar-refractivity contribution in [1.82, 2.24) is 9.88 Å². The van der Waals surface area contributed by atoms with Gasteiger partial charge < -0.3 is 10.6 Å². The first kappa shape index (κ1) is 13.0. The molecule has 0 bridgehead atoms. The fraction of sp³-hybridized carbons (Fsp3) is 0.462. The first-order valence-electron chi connectivity index (χ1n) is 6.02. The van der Waals surface area contributed by atoms with E-state index in [4.69, 9.17) is 18.0 Å². The number of pyridine rings is 1. The van der Waals surface area contributed by atoms with Gasteiger partial charge >= 0.3 is 0 Å². The molecule has 1 amide bonds. The Kier molecular flexibility index (Phi) is 3.61. The summed E-state index contributed by atoms with van der Waals surface area (Å²) < 4.78 is 0. The Morgan fingerprint density at radius 1 is 1.56 bits per heavy atom. The van der Waals surface area contributed by atoms with Crippen LogP contribution in [0.2, 0.25) is 0 Å². The van der Waals surface area contributed by atoms with Gasteiger partial charge in [0.2, 0.25) is 5.91 Å². The molecule has 1 aromatic rings. The van der Waals surface area contributed by atoms with Gasteiger partial charge in [0, 0.05) is 13.2 Å². The highest BCUT2D eigenvalue weighted by Gasteiger charge is 2.48. The van der Waals surface area contributed by atoms with Crippen LogP contribution in [0.5, 0.6) is 0 Å². The average Bonchev–Trinajstić information content (AvgIpc) is 2.28. The Bertz CT molecular complexity index is 457.